The molecular weight excluding hydrogens is 344 g/mol. The normalized spacial score (nSPS) is 18.5. The summed E-state index contributed by atoms with van der Waals surface area (Å²) in [5.74, 6) is -0.161. The van der Waals surface area contributed by atoms with Crippen molar-refractivity contribution in [3.63, 3.8) is 0 Å². The van der Waals surface area contributed by atoms with Crippen LogP contribution in [0.2, 0.25) is 0 Å². The highest BCUT2D eigenvalue weighted by Crippen LogP contribution is 2.40. The van der Waals surface area contributed by atoms with Crippen LogP contribution in [0.25, 0.3) is 10.2 Å². The van der Waals surface area contributed by atoms with Crippen molar-refractivity contribution in [2.24, 2.45) is 0 Å². The molecule has 3 amide bonds. The van der Waals surface area contributed by atoms with E-state index < -0.39 is 0 Å². The van der Waals surface area contributed by atoms with Gasteiger partial charge in [-0.3, -0.25) is 9.69 Å². The molecule has 1 fully saturated rings. The van der Waals surface area contributed by atoms with Gasteiger partial charge >= 0.3 is 6.03 Å². The zero-order valence-electron chi connectivity index (χ0n) is 13.4. The highest BCUT2D eigenvalue weighted by atomic mass is 32.2. The van der Waals surface area contributed by atoms with E-state index in [2.05, 4.69) is 15.3 Å². The van der Waals surface area contributed by atoms with Crippen molar-refractivity contribution in [1.29, 1.82) is 0 Å². The largest absolute Gasteiger partial charge is 0.336 e. The van der Waals surface area contributed by atoms with Crippen molar-refractivity contribution >= 4 is 45.3 Å². The van der Waals surface area contributed by atoms with Gasteiger partial charge in [-0.2, -0.15) is 0 Å². The molecule has 1 aliphatic carbocycles. The Bertz CT molecular complexity index is 820. The quantitative estimate of drug-likeness (QED) is 0.671. The molecule has 6 nitrogen and oxygen atoms in total. The summed E-state index contributed by atoms with van der Waals surface area (Å²) >= 11 is 3.18. The van der Waals surface area contributed by atoms with Crippen molar-refractivity contribution < 1.29 is 9.59 Å². The van der Waals surface area contributed by atoms with Gasteiger partial charge in [0.05, 0.1) is 5.25 Å². The number of aromatic nitrogens is 2. The van der Waals surface area contributed by atoms with E-state index in [0.717, 1.165) is 28.1 Å². The highest BCUT2D eigenvalue weighted by molar-refractivity contribution is 8.00. The van der Waals surface area contributed by atoms with Gasteiger partial charge in [0.2, 0.25) is 5.91 Å². The third kappa shape index (κ3) is 2.67. The summed E-state index contributed by atoms with van der Waals surface area (Å²) < 4.78 is 0. The number of thiophene rings is 1. The number of fused-ring (bicyclic) bond motifs is 3. The van der Waals surface area contributed by atoms with Gasteiger partial charge in [-0.25, -0.2) is 14.8 Å². The molecule has 1 atom stereocenters. The lowest BCUT2D eigenvalue weighted by Gasteiger charge is -2.17. The van der Waals surface area contributed by atoms with E-state index in [4.69, 9.17) is 0 Å². The third-order valence-corrected chi connectivity index (χ3v) is 6.76. The lowest BCUT2D eigenvalue weighted by molar-refractivity contribution is -0.126. The average molecular weight is 362 g/mol. The van der Waals surface area contributed by atoms with E-state index in [-0.39, 0.29) is 17.2 Å². The molecule has 0 unspecified atom stereocenters. The van der Waals surface area contributed by atoms with Crippen LogP contribution >= 0.6 is 23.1 Å². The van der Waals surface area contributed by atoms with Crippen LogP contribution in [0.3, 0.4) is 0 Å². The van der Waals surface area contributed by atoms with Crippen LogP contribution in [0.5, 0.6) is 0 Å². The second-order valence-electron chi connectivity index (χ2n) is 6.05. The first-order valence-electron chi connectivity index (χ1n) is 8.16. The molecule has 0 radical (unpaired) electrons. The van der Waals surface area contributed by atoms with Crippen LogP contribution in [0, 0.1) is 0 Å². The molecule has 0 spiro atoms. The van der Waals surface area contributed by atoms with E-state index in [1.165, 1.54) is 39.9 Å². The Balaban J connectivity index is 1.63. The number of nitrogens with zero attached hydrogens (tertiary/aromatic N) is 3. The molecule has 2 aromatic heterocycles. The Kier molecular flexibility index (Phi) is 4.17. The summed E-state index contributed by atoms with van der Waals surface area (Å²) in [6.45, 7) is 2.80. The standard InChI is InChI=1S/C16H18N4O2S2/c1-9(15(21)20-7-6-17-16(20)22)23-13-12-10-4-2-3-5-11(10)24-14(12)19-8-18-13/h8-9H,2-7H2,1H3,(H,17,22)/t9-/m0/s1. The number of imide groups is 1. The van der Waals surface area contributed by atoms with E-state index in [9.17, 15) is 9.59 Å². The molecule has 1 aliphatic heterocycles. The van der Waals surface area contributed by atoms with Gasteiger partial charge in [-0.15, -0.1) is 11.3 Å². The van der Waals surface area contributed by atoms with Gasteiger partial charge < -0.3 is 5.32 Å². The number of hydrogen-bond acceptors (Lipinski definition) is 6. The second-order valence-corrected chi connectivity index (χ2v) is 8.46. The van der Waals surface area contributed by atoms with Crippen LogP contribution in [-0.4, -0.2) is 45.1 Å². The minimum absolute atomic E-state index is 0.161. The summed E-state index contributed by atoms with van der Waals surface area (Å²) in [7, 11) is 0. The third-order valence-electron chi connectivity index (χ3n) is 4.48. The molecule has 2 aliphatic rings. The fourth-order valence-corrected chi connectivity index (χ4v) is 5.57. The smallest absolute Gasteiger partial charge is 0.324 e. The topological polar surface area (TPSA) is 75.2 Å². The lowest BCUT2D eigenvalue weighted by atomic mass is 9.97. The first-order valence-corrected chi connectivity index (χ1v) is 9.86. The maximum absolute atomic E-state index is 12.5. The number of nitrogens with one attached hydrogen (secondary N) is 1. The minimum Gasteiger partial charge on any atom is -0.336 e. The van der Waals surface area contributed by atoms with Crippen LogP contribution in [0.15, 0.2) is 11.4 Å². The Morgan fingerprint density at radius 2 is 2.21 bits per heavy atom. The Hall–Kier alpha value is -1.67. The molecule has 1 N–H and O–H groups in total. The van der Waals surface area contributed by atoms with Crippen molar-refractivity contribution in [1.82, 2.24) is 20.2 Å². The van der Waals surface area contributed by atoms with Crippen LogP contribution in [0.1, 0.15) is 30.2 Å². The fraction of sp³-hybridized carbons (Fsp3) is 0.500. The molecule has 0 saturated carbocycles. The monoisotopic (exact) mass is 362 g/mol. The summed E-state index contributed by atoms with van der Waals surface area (Å²) in [4.78, 5) is 36.8. The highest BCUT2D eigenvalue weighted by Gasteiger charge is 2.31. The van der Waals surface area contributed by atoms with Gasteiger partial charge in [-0.05, 0) is 38.2 Å². The predicted octanol–water partition coefficient (Wildman–Crippen LogP) is 2.60. The fourth-order valence-electron chi connectivity index (χ4n) is 3.27. The maximum Gasteiger partial charge on any atom is 0.324 e. The average Bonchev–Trinajstić information content (AvgIpc) is 3.17. The molecule has 24 heavy (non-hydrogen) atoms. The SMILES string of the molecule is C[C@H](Sc1ncnc2sc3c(c12)CCCC3)C(=O)N1CCNC1=O. The molecule has 1 saturated heterocycles. The molecule has 0 bridgehead atoms. The molecule has 8 heteroatoms. The first-order chi connectivity index (χ1) is 11.6. The second kappa shape index (κ2) is 6.33. The van der Waals surface area contributed by atoms with Gasteiger partial charge in [0.25, 0.3) is 0 Å². The number of carbonyl (C=O) groups excluding carboxylic acids is 2. The number of hydrogen-bond donors (Lipinski definition) is 1. The Labute approximate surface area is 148 Å². The van der Waals surface area contributed by atoms with Gasteiger partial charge in [0.15, 0.2) is 0 Å². The molecule has 2 aromatic rings. The molecule has 0 aromatic carbocycles. The Morgan fingerprint density at radius 3 is 3.00 bits per heavy atom. The number of rotatable bonds is 3. The number of urea groups is 1. The molecule has 4 rings (SSSR count). The van der Waals surface area contributed by atoms with Crippen molar-refractivity contribution in [2.45, 2.75) is 42.9 Å². The number of aryl methyl sites for hydroxylation is 2. The van der Waals surface area contributed by atoms with Crippen LogP contribution in [-0.2, 0) is 17.6 Å². The van der Waals surface area contributed by atoms with Crippen LogP contribution < -0.4 is 5.32 Å². The van der Waals surface area contributed by atoms with Gasteiger partial charge in [0, 0.05) is 23.4 Å². The van der Waals surface area contributed by atoms with E-state index in [0.29, 0.717) is 13.1 Å². The summed E-state index contributed by atoms with van der Waals surface area (Å²) in [6, 6.07) is -0.298. The van der Waals surface area contributed by atoms with Crippen molar-refractivity contribution in [2.75, 3.05) is 13.1 Å². The van der Waals surface area contributed by atoms with Crippen LogP contribution in [0.4, 0.5) is 4.79 Å². The van der Waals surface area contributed by atoms with E-state index in [1.807, 2.05) is 6.92 Å². The van der Waals surface area contributed by atoms with Gasteiger partial charge in [-0.1, -0.05) is 11.8 Å². The Morgan fingerprint density at radius 1 is 1.38 bits per heavy atom. The predicted molar refractivity (Wildman–Crippen MR) is 94.5 cm³/mol. The molecule has 126 valence electrons. The molecular formula is C16H18N4O2S2. The summed E-state index contributed by atoms with van der Waals surface area (Å²) in [5, 5.41) is 4.29. The lowest BCUT2D eigenvalue weighted by Crippen LogP contribution is -2.38. The number of thioether (sulfide) groups is 1. The minimum atomic E-state index is -0.355. The molecule has 3 heterocycles. The zero-order valence-corrected chi connectivity index (χ0v) is 15.0. The van der Waals surface area contributed by atoms with E-state index >= 15 is 0 Å². The zero-order chi connectivity index (χ0) is 16.7. The maximum atomic E-state index is 12.5. The van der Waals surface area contributed by atoms with Crippen molar-refractivity contribution in [3.8, 4) is 0 Å². The number of carbonyl (C=O) groups is 2. The summed E-state index contributed by atoms with van der Waals surface area (Å²) in [5.41, 5.74) is 1.36. The first kappa shape index (κ1) is 15.8. The summed E-state index contributed by atoms with van der Waals surface area (Å²) in [6.07, 6.45) is 6.18. The van der Waals surface area contributed by atoms with E-state index in [1.54, 1.807) is 17.7 Å². The van der Waals surface area contributed by atoms with Crippen molar-refractivity contribution in [3.05, 3.63) is 16.8 Å². The van der Waals surface area contributed by atoms with Gasteiger partial charge in [0.1, 0.15) is 16.2 Å². The number of amides is 3.